The molecule has 0 atom stereocenters. The van der Waals surface area contributed by atoms with Crippen LogP contribution in [0.3, 0.4) is 0 Å². The van der Waals surface area contributed by atoms with E-state index in [1.54, 1.807) is 24.3 Å². The van der Waals surface area contributed by atoms with Crippen molar-refractivity contribution in [1.29, 1.82) is 0 Å². The fourth-order valence-corrected chi connectivity index (χ4v) is 4.04. The molecule has 7 nitrogen and oxygen atoms in total. The maximum absolute atomic E-state index is 13.1. The van der Waals surface area contributed by atoms with Gasteiger partial charge < -0.3 is 9.47 Å². The molecule has 3 aromatic rings. The molecular formula is C27H22Cl2N2O5. The van der Waals surface area contributed by atoms with Gasteiger partial charge in [0, 0.05) is 5.02 Å². The molecule has 0 bridgehead atoms. The molecule has 0 radical (unpaired) electrons. The Morgan fingerprint density at radius 2 is 1.69 bits per heavy atom. The number of nitrogens with one attached hydrogen (secondary N) is 1. The normalized spacial score (nSPS) is 14.7. The zero-order valence-electron chi connectivity index (χ0n) is 19.5. The minimum Gasteiger partial charge on any atom is -0.490 e. The maximum atomic E-state index is 13.1. The van der Waals surface area contributed by atoms with Crippen LogP contribution in [0, 0.1) is 6.92 Å². The first-order valence-corrected chi connectivity index (χ1v) is 11.8. The van der Waals surface area contributed by atoms with Crippen molar-refractivity contribution >= 4 is 52.8 Å². The summed E-state index contributed by atoms with van der Waals surface area (Å²) in [5.74, 6) is -0.884. The van der Waals surface area contributed by atoms with Crippen molar-refractivity contribution < 1.29 is 23.9 Å². The largest absolute Gasteiger partial charge is 0.490 e. The lowest BCUT2D eigenvalue weighted by molar-refractivity contribution is -0.122. The molecule has 0 spiro atoms. The Hall–Kier alpha value is -3.81. The molecule has 1 N–H and O–H groups in total. The van der Waals surface area contributed by atoms with Gasteiger partial charge in [0.15, 0.2) is 11.5 Å². The molecule has 36 heavy (non-hydrogen) atoms. The Morgan fingerprint density at radius 3 is 2.39 bits per heavy atom. The molecule has 9 heteroatoms. The van der Waals surface area contributed by atoms with E-state index in [0.717, 1.165) is 16.0 Å². The molecule has 0 aliphatic carbocycles. The molecule has 184 valence electrons. The molecule has 0 saturated carbocycles. The summed E-state index contributed by atoms with van der Waals surface area (Å²) in [5, 5.41) is 2.88. The van der Waals surface area contributed by atoms with Crippen molar-refractivity contribution in [2.75, 3.05) is 11.5 Å². The van der Waals surface area contributed by atoms with Gasteiger partial charge in [0.1, 0.15) is 12.2 Å². The highest BCUT2D eigenvalue weighted by molar-refractivity contribution is 6.39. The first-order valence-electron chi connectivity index (χ1n) is 11.1. The molecule has 3 aromatic carbocycles. The number of ether oxygens (including phenoxy) is 2. The molecule has 1 saturated heterocycles. The lowest BCUT2D eigenvalue weighted by atomic mass is 10.1. The van der Waals surface area contributed by atoms with Gasteiger partial charge in [0.05, 0.1) is 17.3 Å². The third kappa shape index (κ3) is 5.37. The average Bonchev–Trinajstić information content (AvgIpc) is 2.83. The second-order valence-electron chi connectivity index (χ2n) is 7.91. The van der Waals surface area contributed by atoms with Crippen LogP contribution in [0.2, 0.25) is 10.0 Å². The van der Waals surface area contributed by atoms with Gasteiger partial charge in [-0.2, -0.15) is 0 Å². The van der Waals surface area contributed by atoms with Gasteiger partial charge in [-0.1, -0.05) is 47.5 Å². The second kappa shape index (κ2) is 10.8. The standard InChI is InChI=1S/C27H22Cl2N2O5/c1-3-35-23-14-17(13-22(29)24(23)36-15-18-7-5-4-6-16(18)2)12-21-25(32)30-27(34)31(26(21)33)20-10-8-19(28)9-11-20/h4-14H,3,15H2,1-2H3,(H,30,32,34)/b21-12-. The quantitative estimate of drug-likeness (QED) is 0.305. The fraction of sp³-hybridized carbons (Fsp3) is 0.148. The monoisotopic (exact) mass is 524 g/mol. The van der Waals surface area contributed by atoms with E-state index >= 15 is 0 Å². The third-order valence-corrected chi connectivity index (χ3v) is 6.00. The lowest BCUT2D eigenvalue weighted by Crippen LogP contribution is -2.54. The summed E-state index contributed by atoms with van der Waals surface area (Å²) in [5.41, 5.74) is 2.54. The molecule has 1 heterocycles. The number of imide groups is 2. The second-order valence-corrected chi connectivity index (χ2v) is 8.76. The number of amides is 4. The minimum absolute atomic E-state index is 0.239. The van der Waals surface area contributed by atoms with Crippen LogP contribution in [0.4, 0.5) is 10.5 Å². The number of anilines is 1. The molecule has 4 rings (SSSR count). The number of hydrogen-bond donors (Lipinski definition) is 1. The Balaban J connectivity index is 1.66. The number of urea groups is 1. The number of nitrogens with zero attached hydrogens (tertiary/aromatic N) is 1. The van der Waals surface area contributed by atoms with E-state index in [1.807, 2.05) is 38.1 Å². The minimum atomic E-state index is -0.850. The van der Waals surface area contributed by atoms with E-state index in [-0.39, 0.29) is 22.9 Å². The van der Waals surface area contributed by atoms with Crippen LogP contribution in [-0.2, 0) is 16.2 Å². The number of aryl methyl sites for hydroxylation is 1. The third-order valence-electron chi connectivity index (χ3n) is 5.46. The molecule has 0 aromatic heterocycles. The highest BCUT2D eigenvalue weighted by Crippen LogP contribution is 2.38. The lowest BCUT2D eigenvalue weighted by Gasteiger charge is -2.26. The topological polar surface area (TPSA) is 84.9 Å². The number of carbonyl (C=O) groups is 3. The first kappa shape index (κ1) is 25.3. The summed E-state index contributed by atoms with van der Waals surface area (Å²) >= 11 is 12.4. The summed E-state index contributed by atoms with van der Waals surface area (Å²) in [4.78, 5) is 39.0. The average molecular weight is 525 g/mol. The number of halogens is 2. The van der Waals surface area contributed by atoms with Gasteiger partial charge in [0.2, 0.25) is 0 Å². The molecule has 0 unspecified atom stereocenters. The Morgan fingerprint density at radius 1 is 0.972 bits per heavy atom. The van der Waals surface area contributed by atoms with Gasteiger partial charge >= 0.3 is 6.03 Å². The van der Waals surface area contributed by atoms with E-state index < -0.39 is 17.8 Å². The van der Waals surface area contributed by atoms with Crippen molar-refractivity contribution in [3.8, 4) is 11.5 Å². The number of carbonyl (C=O) groups excluding carboxylic acids is 3. The Kier molecular flexibility index (Phi) is 7.62. The summed E-state index contributed by atoms with van der Waals surface area (Å²) in [7, 11) is 0. The molecule has 1 aliphatic rings. The highest BCUT2D eigenvalue weighted by Gasteiger charge is 2.36. The summed E-state index contributed by atoms with van der Waals surface area (Å²) in [6, 6.07) is 16.3. The number of hydrogen-bond acceptors (Lipinski definition) is 5. The van der Waals surface area contributed by atoms with Gasteiger partial charge in [-0.3, -0.25) is 14.9 Å². The Bertz CT molecular complexity index is 1370. The van der Waals surface area contributed by atoms with E-state index in [2.05, 4.69) is 5.32 Å². The van der Waals surface area contributed by atoms with E-state index in [4.69, 9.17) is 32.7 Å². The Labute approximate surface area is 218 Å². The van der Waals surface area contributed by atoms with Crippen LogP contribution in [0.25, 0.3) is 6.08 Å². The van der Waals surface area contributed by atoms with Crippen molar-refractivity contribution in [2.45, 2.75) is 20.5 Å². The predicted molar refractivity (Wildman–Crippen MR) is 139 cm³/mol. The SMILES string of the molecule is CCOc1cc(/C=C2/C(=O)NC(=O)N(c3ccc(Cl)cc3)C2=O)cc(Cl)c1OCc1ccccc1C. The summed E-state index contributed by atoms with van der Waals surface area (Å²) in [6.45, 7) is 4.43. The van der Waals surface area contributed by atoms with Crippen LogP contribution in [-0.4, -0.2) is 24.5 Å². The molecule has 1 fully saturated rings. The van der Waals surface area contributed by atoms with Crippen molar-refractivity contribution in [3.63, 3.8) is 0 Å². The molecular weight excluding hydrogens is 503 g/mol. The van der Waals surface area contributed by atoms with Crippen molar-refractivity contribution in [1.82, 2.24) is 5.32 Å². The summed E-state index contributed by atoms with van der Waals surface area (Å²) < 4.78 is 11.7. The van der Waals surface area contributed by atoms with Crippen LogP contribution in [0.1, 0.15) is 23.6 Å². The van der Waals surface area contributed by atoms with E-state index in [9.17, 15) is 14.4 Å². The van der Waals surface area contributed by atoms with Crippen LogP contribution < -0.4 is 19.7 Å². The molecule has 1 aliphatic heterocycles. The van der Waals surface area contributed by atoms with Gasteiger partial charge in [0.25, 0.3) is 11.8 Å². The van der Waals surface area contributed by atoms with Gasteiger partial charge in [-0.05, 0) is 73.0 Å². The van der Waals surface area contributed by atoms with Crippen molar-refractivity contribution in [3.05, 3.63) is 93.0 Å². The maximum Gasteiger partial charge on any atom is 0.335 e. The van der Waals surface area contributed by atoms with Crippen LogP contribution >= 0.6 is 23.2 Å². The van der Waals surface area contributed by atoms with Crippen LogP contribution in [0.5, 0.6) is 11.5 Å². The zero-order chi connectivity index (χ0) is 25.8. The summed E-state index contributed by atoms with van der Waals surface area (Å²) in [6.07, 6.45) is 1.35. The van der Waals surface area contributed by atoms with Crippen LogP contribution in [0.15, 0.2) is 66.2 Å². The smallest absolute Gasteiger partial charge is 0.335 e. The van der Waals surface area contributed by atoms with Crippen molar-refractivity contribution in [2.24, 2.45) is 0 Å². The van der Waals surface area contributed by atoms with Gasteiger partial charge in [-0.25, -0.2) is 9.69 Å². The molecule has 4 amide bonds. The first-order chi connectivity index (χ1) is 17.3. The van der Waals surface area contributed by atoms with Gasteiger partial charge in [-0.15, -0.1) is 0 Å². The fourth-order valence-electron chi connectivity index (χ4n) is 3.65. The number of barbiturate groups is 1. The van der Waals surface area contributed by atoms with E-state index in [1.165, 1.54) is 18.2 Å². The number of rotatable bonds is 7. The van der Waals surface area contributed by atoms with E-state index in [0.29, 0.717) is 28.7 Å². The zero-order valence-corrected chi connectivity index (χ0v) is 21.0. The predicted octanol–water partition coefficient (Wildman–Crippen LogP) is 5.95. The highest BCUT2D eigenvalue weighted by atomic mass is 35.5. The number of benzene rings is 3.